The number of pyridine rings is 1. The van der Waals surface area contributed by atoms with Gasteiger partial charge in [0.05, 0.1) is 18.3 Å². The number of carboxylic acid groups (broad SMARTS) is 1. The Morgan fingerprint density at radius 2 is 1.72 bits per heavy atom. The van der Waals surface area contributed by atoms with Crippen molar-refractivity contribution >= 4 is 32.6 Å². The standard InChI is InChI=1S/C25H23F2N5O3S.C2HF3O2/c1-35-25-22(32-36(33,34)23-5-3-18(26)12-20(23)27)11-17(13-29-25)16-2-4-21-19(10-16)24(31-14-30-21)15-6-8-28-9-7-15;3-2(4,5)1(6)7/h2-5,10-15,28,32H,6-9H2,1H3;(H,6,7). The normalized spacial score (nSPS) is 14.1. The molecule has 228 valence electrons. The molecule has 1 aliphatic rings. The Labute approximate surface area is 242 Å². The Bertz CT molecular complexity index is 1750. The van der Waals surface area contributed by atoms with E-state index < -0.39 is 38.7 Å². The van der Waals surface area contributed by atoms with E-state index in [1.54, 1.807) is 18.6 Å². The molecule has 1 saturated heterocycles. The summed E-state index contributed by atoms with van der Waals surface area (Å²) in [5.41, 5.74) is 3.20. The van der Waals surface area contributed by atoms with Crippen molar-refractivity contribution in [2.24, 2.45) is 0 Å². The second-order valence-electron chi connectivity index (χ2n) is 9.28. The van der Waals surface area contributed by atoms with Crippen molar-refractivity contribution in [2.75, 3.05) is 24.9 Å². The van der Waals surface area contributed by atoms with Gasteiger partial charge in [-0.15, -0.1) is 0 Å². The van der Waals surface area contributed by atoms with Gasteiger partial charge >= 0.3 is 12.1 Å². The number of piperidine rings is 1. The SMILES string of the molecule is COc1ncc(-c2ccc3ncnc(C4CCNCC4)c3c2)cc1NS(=O)(=O)c1ccc(F)cc1F.O=C(O)C(F)(F)F. The first-order valence-electron chi connectivity index (χ1n) is 12.6. The first kappa shape index (κ1) is 31.5. The number of sulfonamides is 1. The minimum Gasteiger partial charge on any atom is -0.480 e. The third-order valence-electron chi connectivity index (χ3n) is 6.44. The van der Waals surface area contributed by atoms with Gasteiger partial charge in [-0.2, -0.15) is 13.2 Å². The van der Waals surface area contributed by atoms with Gasteiger partial charge in [-0.3, -0.25) is 4.72 Å². The lowest BCUT2D eigenvalue weighted by atomic mass is 9.91. The largest absolute Gasteiger partial charge is 0.490 e. The van der Waals surface area contributed by atoms with E-state index in [0.717, 1.165) is 60.2 Å². The number of hydrogen-bond acceptors (Lipinski definition) is 8. The highest BCUT2D eigenvalue weighted by molar-refractivity contribution is 7.92. The second kappa shape index (κ2) is 12.8. The van der Waals surface area contributed by atoms with Crippen LogP contribution in [0.1, 0.15) is 24.5 Å². The van der Waals surface area contributed by atoms with Crippen LogP contribution < -0.4 is 14.8 Å². The number of anilines is 1. The molecule has 0 amide bonds. The fourth-order valence-corrected chi connectivity index (χ4v) is 5.52. The number of aromatic nitrogens is 3. The number of ether oxygens (including phenoxy) is 1. The Kier molecular flexibility index (Phi) is 9.40. The number of rotatable bonds is 6. The Balaban J connectivity index is 0.000000541. The molecule has 1 fully saturated rings. The van der Waals surface area contributed by atoms with Crippen LogP contribution in [0.3, 0.4) is 0 Å². The zero-order valence-corrected chi connectivity index (χ0v) is 23.1. The maximum absolute atomic E-state index is 14.2. The summed E-state index contributed by atoms with van der Waals surface area (Å²) in [5, 5.41) is 11.4. The Morgan fingerprint density at radius 1 is 1.02 bits per heavy atom. The van der Waals surface area contributed by atoms with Gasteiger partial charge in [0.25, 0.3) is 10.0 Å². The van der Waals surface area contributed by atoms with E-state index in [1.807, 2.05) is 18.2 Å². The number of fused-ring (bicyclic) bond motifs is 1. The molecule has 0 saturated carbocycles. The maximum atomic E-state index is 14.2. The summed E-state index contributed by atoms with van der Waals surface area (Å²) in [6, 6.07) is 9.52. The van der Waals surface area contributed by atoms with Crippen molar-refractivity contribution in [3.63, 3.8) is 0 Å². The van der Waals surface area contributed by atoms with Crippen molar-refractivity contribution < 1.29 is 45.0 Å². The molecular formula is C27H24F5N5O5S. The smallest absolute Gasteiger partial charge is 0.480 e. The number of hydrogen-bond donors (Lipinski definition) is 3. The Morgan fingerprint density at radius 3 is 2.35 bits per heavy atom. The van der Waals surface area contributed by atoms with Crippen LogP contribution in [-0.2, 0) is 14.8 Å². The van der Waals surface area contributed by atoms with Crippen LogP contribution in [-0.4, -0.2) is 60.8 Å². The van der Waals surface area contributed by atoms with Crippen LogP contribution in [0.2, 0.25) is 0 Å². The van der Waals surface area contributed by atoms with Crippen LogP contribution in [0.15, 0.2) is 59.9 Å². The van der Waals surface area contributed by atoms with Crippen molar-refractivity contribution in [3.05, 3.63) is 72.3 Å². The van der Waals surface area contributed by atoms with Crippen LogP contribution in [0.25, 0.3) is 22.0 Å². The number of aliphatic carboxylic acids is 1. The summed E-state index contributed by atoms with van der Waals surface area (Å²) >= 11 is 0. The van der Waals surface area contributed by atoms with Crippen LogP contribution in [0.5, 0.6) is 5.88 Å². The Hall–Kier alpha value is -4.44. The lowest BCUT2D eigenvalue weighted by molar-refractivity contribution is -0.192. The van der Waals surface area contributed by atoms with Crippen molar-refractivity contribution in [3.8, 4) is 17.0 Å². The molecule has 3 N–H and O–H groups in total. The van der Waals surface area contributed by atoms with E-state index in [1.165, 1.54) is 7.11 Å². The van der Waals surface area contributed by atoms with E-state index in [4.69, 9.17) is 14.6 Å². The maximum Gasteiger partial charge on any atom is 0.490 e. The summed E-state index contributed by atoms with van der Waals surface area (Å²) in [5.74, 6) is -4.52. The van der Waals surface area contributed by atoms with Gasteiger partial charge in [0.1, 0.15) is 28.5 Å². The van der Waals surface area contributed by atoms with Gasteiger partial charge in [0.15, 0.2) is 0 Å². The molecule has 0 radical (unpaired) electrons. The average Bonchev–Trinajstić information content (AvgIpc) is 2.96. The average molecular weight is 626 g/mol. The summed E-state index contributed by atoms with van der Waals surface area (Å²) in [7, 11) is -3.04. The van der Waals surface area contributed by atoms with E-state index in [0.29, 0.717) is 17.5 Å². The quantitative estimate of drug-likeness (QED) is 0.256. The number of benzene rings is 2. The van der Waals surface area contributed by atoms with Crippen LogP contribution in [0.4, 0.5) is 27.6 Å². The first-order chi connectivity index (χ1) is 20.3. The molecular weight excluding hydrogens is 601 g/mol. The number of nitrogens with one attached hydrogen (secondary N) is 2. The lowest BCUT2D eigenvalue weighted by Gasteiger charge is -2.23. The van der Waals surface area contributed by atoms with E-state index in [-0.39, 0.29) is 11.6 Å². The summed E-state index contributed by atoms with van der Waals surface area (Å²) in [4.78, 5) is 21.4. The first-order valence-corrected chi connectivity index (χ1v) is 14.1. The fourth-order valence-electron chi connectivity index (χ4n) is 4.42. The van der Waals surface area contributed by atoms with Crippen molar-refractivity contribution in [1.82, 2.24) is 20.3 Å². The molecule has 10 nitrogen and oxygen atoms in total. The molecule has 1 aliphatic heterocycles. The van der Waals surface area contributed by atoms with Gasteiger partial charge in [0.2, 0.25) is 5.88 Å². The van der Waals surface area contributed by atoms with E-state index in [9.17, 15) is 30.4 Å². The molecule has 0 spiro atoms. The van der Waals surface area contributed by atoms with Gasteiger partial charge in [-0.05, 0) is 61.8 Å². The highest BCUT2D eigenvalue weighted by atomic mass is 32.2. The van der Waals surface area contributed by atoms with Crippen LogP contribution >= 0.6 is 0 Å². The molecule has 2 aromatic heterocycles. The zero-order valence-electron chi connectivity index (χ0n) is 22.3. The minimum absolute atomic E-state index is 0.00404. The van der Waals surface area contributed by atoms with Crippen molar-refractivity contribution in [1.29, 1.82) is 0 Å². The predicted octanol–water partition coefficient (Wildman–Crippen LogP) is 4.88. The predicted molar refractivity (Wildman–Crippen MR) is 145 cm³/mol. The molecule has 5 rings (SSSR count). The molecule has 16 heteroatoms. The minimum atomic E-state index is -5.08. The number of carbonyl (C=O) groups is 1. The zero-order chi connectivity index (χ0) is 31.4. The van der Waals surface area contributed by atoms with Gasteiger partial charge < -0.3 is 15.2 Å². The number of halogens is 5. The molecule has 43 heavy (non-hydrogen) atoms. The number of carboxylic acids is 1. The summed E-state index contributed by atoms with van der Waals surface area (Å²) < 4.78 is 92.5. The van der Waals surface area contributed by atoms with E-state index >= 15 is 0 Å². The molecule has 0 bridgehead atoms. The third kappa shape index (κ3) is 7.50. The molecule has 4 aromatic rings. The highest BCUT2D eigenvalue weighted by Crippen LogP contribution is 2.34. The number of alkyl halides is 3. The van der Waals surface area contributed by atoms with Crippen molar-refractivity contribution in [2.45, 2.75) is 29.8 Å². The molecule has 0 aliphatic carbocycles. The second-order valence-corrected chi connectivity index (χ2v) is 10.9. The molecule has 2 aromatic carbocycles. The summed E-state index contributed by atoms with van der Waals surface area (Å²) in [6.07, 6.45) is 0.0126. The molecule has 0 unspecified atom stereocenters. The van der Waals surface area contributed by atoms with Crippen LogP contribution in [0, 0.1) is 11.6 Å². The molecule has 0 atom stereocenters. The van der Waals surface area contributed by atoms with Gasteiger partial charge in [0, 0.05) is 29.1 Å². The number of methoxy groups -OCH3 is 1. The highest BCUT2D eigenvalue weighted by Gasteiger charge is 2.38. The monoisotopic (exact) mass is 625 g/mol. The topological polar surface area (TPSA) is 143 Å². The van der Waals surface area contributed by atoms with E-state index in [2.05, 4.69) is 25.0 Å². The molecule has 3 heterocycles. The summed E-state index contributed by atoms with van der Waals surface area (Å²) in [6.45, 7) is 1.85. The fraction of sp³-hybridized carbons (Fsp3) is 0.259. The van der Waals surface area contributed by atoms with Gasteiger partial charge in [-0.1, -0.05) is 6.07 Å². The number of nitrogens with zero attached hydrogens (tertiary/aromatic N) is 3. The lowest BCUT2D eigenvalue weighted by Crippen LogP contribution is -2.27. The third-order valence-corrected chi connectivity index (χ3v) is 7.84. The van der Waals surface area contributed by atoms with Gasteiger partial charge in [-0.25, -0.2) is 36.9 Å².